The molecule has 3 N–H and O–H groups in total. The third-order valence-electron chi connectivity index (χ3n) is 3.65. The Balaban J connectivity index is 2.21. The Morgan fingerprint density at radius 2 is 1.86 bits per heavy atom. The van der Waals surface area contributed by atoms with Gasteiger partial charge in [-0.25, -0.2) is 0 Å². The molecular weight excluding hydrogens is 287 g/mol. The minimum absolute atomic E-state index is 0.000219. The maximum absolute atomic E-state index is 12.6. The number of nitrogens with two attached hydrogens (primary N) is 1. The molecule has 0 aromatic heterocycles. The Hall–Kier alpha value is -1.83. The van der Waals surface area contributed by atoms with Gasteiger partial charge in [0.2, 0.25) is 0 Å². The standard InChI is InChI=1S/C13H16F3N3O2/c14-13(15,16)8-1-6-11(12(7-8)19(20)21)18-10-4-2-9(17)3-5-10/h1,6-7,9-10,18H,2-5,17H2/t9-,10-. The highest BCUT2D eigenvalue weighted by Gasteiger charge is 2.33. The van der Waals surface area contributed by atoms with Gasteiger partial charge in [0.15, 0.2) is 0 Å². The zero-order valence-electron chi connectivity index (χ0n) is 11.2. The number of nitrogens with zero attached hydrogens (tertiary/aromatic N) is 1. The quantitative estimate of drug-likeness (QED) is 0.663. The Bertz CT molecular complexity index is 526. The highest BCUT2D eigenvalue weighted by atomic mass is 19.4. The van der Waals surface area contributed by atoms with Crippen molar-refractivity contribution in [3.8, 4) is 0 Å². The minimum Gasteiger partial charge on any atom is -0.377 e. The van der Waals surface area contributed by atoms with Crippen LogP contribution in [0.2, 0.25) is 0 Å². The molecule has 1 aliphatic carbocycles. The molecule has 1 aliphatic rings. The molecule has 0 atom stereocenters. The summed E-state index contributed by atoms with van der Waals surface area (Å²) in [4.78, 5) is 10.2. The van der Waals surface area contributed by atoms with Crippen LogP contribution in [0.4, 0.5) is 24.5 Å². The van der Waals surface area contributed by atoms with Crippen LogP contribution in [0, 0.1) is 10.1 Å². The van der Waals surface area contributed by atoms with Crippen LogP contribution in [0.1, 0.15) is 31.2 Å². The molecule has 21 heavy (non-hydrogen) atoms. The lowest BCUT2D eigenvalue weighted by molar-refractivity contribution is -0.384. The van der Waals surface area contributed by atoms with E-state index < -0.39 is 22.4 Å². The summed E-state index contributed by atoms with van der Waals surface area (Å²) in [6.45, 7) is 0. The van der Waals surface area contributed by atoms with Crippen LogP contribution in [0.15, 0.2) is 18.2 Å². The summed E-state index contributed by atoms with van der Waals surface area (Å²) < 4.78 is 37.8. The van der Waals surface area contributed by atoms with Gasteiger partial charge in [0.25, 0.3) is 5.69 Å². The first-order valence-corrected chi connectivity index (χ1v) is 6.65. The number of nitro benzene ring substituents is 1. The molecule has 0 radical (unpaired) electrons. The lowest BCUT2D eigenvalue weighted by atomic mass is 9.91. The zero-order valence-corrected chi connectivity index (χ0v) is 11.2. The molecule has 0 bridgehead atoms. The molecule has 5 nitrogen and oxygen atoms in total. The van der Waals surface area contributed by atoms with Crippen molar-refractivity contribution >= 4 is 11.4 Å². The average Bonchev–Trinajstić information content (AvgIpc) is 2.40. The highest BCUT2D eigenvalue weighted by molar-refractivity contribution is 5.63. The van der Waals surface area contributed by atoms with E-state index in [-0.39, 0.29) is 17.8 Å². The number of rotatable bonds is 3. The van der Waals surface area contributed by atoms with E-state index in [0.29, 0.717) is 6.07 Å². The molecule has 0 spiro atoms. The summed E-state index contributed by atoms with van der Waals surface area (Å²) in [5.74, 6) is 0. The van der Waals surface area contributed by atoms with Crippen LogP contribution < -0.4 is 11.1 Å². The van der Waals surface area contributed by atoms with Gasteiger partial charge in [-0.1, -0.05) is 0 Å². The van der Waals surface area contributed by atoms with Crippen molar-refractivity contribution in [1.82, 2.24) is 0 Å². The first kappa shape index (κ1) is 15.6. The van der Waals surface area contributed by atoms with Gasteiger partial charge in [-0.2, -0.15) is 13.2 Å². The number of nitrogens with one attached hydrogen (secondary N) is 1. The monoisotopic (exact) mass is 303 g/mol. The molecule has 2 rings (SSSR count). The van der Waals surface area contributed by atoms with Crippen molar-refractivity contribution in [2.75, 3.05) is 5.32 Å². The second kappa shape index (κ2) is 5.88. The maximum atomic E-state index is 12.6. The van der Waals surface area contributed by atoms with Gasteiger partial charge in [0.1, 0.15) is 5.69 Å². The maximum Gasteiger partial charge on any atom is 0.416 e. The van der Waals surface area contributed by atoms with E-state index in [2.05, 4.69) is 5.32 Å². The second-order valence-electron chi connectivity index (χ2n) is 5.24. The van der Waals surface area contributed by atoms with E-state index in [1.807, 2.05) is 0 Å². The van der Waals surface area contributed by atoms with Crippen LogP contribution in [0.3, 0.4) is 0 Å². The Kier molecular flexibility index (Phi) is 4.36. The van der Waals surface area contributed by atoms with Crippen LogP contribution in [-0.4, -0.2) is 17.0 Å². The van der Waals surface area contributed by atoms with Gasteiger partial charge in [0.05, 0.1) is 10.5 Å². The molecule has 1 aromatic carbocycles. The van der Waals surface area contributed by atoms with E-state index in [9.17, 15) is 23.3 Å². The molecule has 1 aromatic rings. The normalized spacial score (nSPS) is 22.9. The number of hydrogen-bond donors (Lipinski definition) is 2. The van der Waals surface area contributed by atoms with Crippen LogP contribution in [-0.2, 0) is 6.18 Å². The predicted octanol–water partition coefficient (Wildman–Crippen LogP) is 3.30. The molecule has 0 unspecified atom stereocenters. The number of hydrogen-bond acceptors (Lipinski definition) is 4. The largest absolute Gasteiger partial charge is 0.416 e. The van der Waals surface area contributed by atoms with E-state index in [4.69, 9.17) is 5.73 Å². The number of halogens is 3. The fourth-order valence-electron chi connectivity index (χ4n) is 2.46. The molecule has 8 heteroatoms. The van der Waals surface area contributed by atoms with Crippen molar-refractivity contribution in [3.05, 3.63) is 33.9 Å². The smallest absolute Gasteiger partial charge is 0.377 e. The minimum atomic E-state index is -4.60. The van der Waals surface area contributed by atoms with Crippen LogP contribution >= 0.6 is 0 Å². The second-order valence-corrected chi connectivity index (χ2v) is 5.24. The Morgan fingerprint density at radius 3 is 2.38 bits per heavy atom. The summed E-state index contributed by atoms with van der Waals surface area (Å²) >= 11 is 0. The van der Waals surface area contributed by atoms with Gasteiger partial charge in [-0.05, 0) is 37.8 Å². The van der Waals surface area contributed by atoms with Crippen LogP contribution in [0.5, 0.6) is 0 Å². The Morgan fingerprint density at radius 1 is 1.24 bits per heavy atom. The molecule has 0 aliphatic heterocycles. The van der Waals surface area contributed by atoms with Crippen molar-refractivity contribution in [3.63, 3.8) is 0 Å². The highest BCUT2D eigenvalue weighted by Crippen LogP contribution is 2.35. The summed E-state index contributed by atoms with van der Waals surface area (Å²) in [5, 5.41) is 13.9. The van der Waals surface area contributed by atoms with Crippen LogP contribution in [0.25, 0.3) is 0 Å². The van der Waals surface area contributed by atoms with Gasteiger partial charge in [0, 0.05) is 18.2 Å². The summed E-state index contributed by atoms with van der Waals surface area (Å²) in [6.07, 6.45) is -1.50. The van der Waals surface area contributed by atoms with Crippen molar-refractivity contribution in [2.45, 2.75) is 43.9 Å². The fourth-order valence-corrected chi connectivity index (χ4v) is 2.46. The lowest BCUT2D eigenvalue weighted by Gasteiger charge is -2.27. The molecule has 0 heterocycles. The predicted molar refractivity (Wildman–Crippen MR) is 72.0 cm³/mol. The van der Waals surface area contributed by atoms with Gasteiger partial charge in [-0.3, -0.25) is 10.1 Å². The van der Waals surface area contributed by atoms with E-state index in [1.54, 1.807) is 0 Å². The Labute approximate surface area is 119 Å². The molecule has 116 valence electrons. The van der Waals surface area contributed by atoms with E-state index in [1.165, 1.54) is 0 Å². The van der Waals surface area contributed by atoms with E-state index >= 15 is 0 Å². The zero-order chi connectivity index (χ0) is 15.6. The number of alkyl halides is 3. The number of nitro groups is 1. The summed E-state index contributed by atoms with van der Waals surface area (Å²) in [7, 11) is 0. The third kappa shape index (κ3) is 3.84. The summed E-state index contributed by atoms with van der Waals surface area (Å²) in [5.41, 5.74) is 4.32. The van der Waals surface area contributed by atoms with Crippen molar-refractivity contribution in [2.24, 2.45) is 5.73 Å². The molecule has 0 amide bonds. The fraction of sp³-hybridized carbons (Fsp3) is 0.538. The van der Waals surface area contributed by atoms with Crippen molar-refractivity contribution in [1.29, 1.82) is 0 Å². The molecule has 1 saturated carbocycles. The average molecular weight is 303 g/mol. The van der Waals surface area contributed by atoms with Gasteiger partial charge < -0.3 is 11.1 Å². The lowest BCUT2D eigenvalue weighted by Crippen LogP contribution is -2.32. The molecule has 0 saturated heterocycles. The topological polar surface area (TPSA) is 81.2 Å². The van der Waals surface area contributed by atoms with Gasteiger partial charge in [-0.15, -0.1) is 0 Å². The number of anilines is 1. The third-order valence-corrected chi connectivity index (χ3v) is 3.65. The number of benzene rings is 1. The first-order valence-electron chi connectivity index (χ1n) is 6.65. The van der Waals surface area contributed by atoms with E-state index in [0.717, 1.165) is 37.8 Å². The molecular formula is C13H16F3N3O2. The van der Waals surface area contributed by atoms with Crippen molar-refractivity contribution < 1.29 is 18.1 Å². The first-order chi connectivity index (χ1) is 9.77. The summed E-state index contributed by atoms with van der Waals surface area (Å²) in [6, 6.07) is 2.67. The molecule has 1 fully saturated rings. The van der Waals surface area contributed by atoms with Gasteiger partial charge >= 0.3 is 6.18 Å². The SMILES string of the molecule is N[C@H]1CC[C@H](Nc2ccc(C(F)(F)F)cc2[N+](=O)[O-])CC1.